The van der Waals surface area contributed by atoms with Gasteiger partial charge in [-0.15, -0.1) is 0 Å². The monoisotopic (exact) mass is 1310 g/mol. The molecule has 0 bridgehead atoms. The summed E-state index contributed by atoms with van der Waals surface area (Å²) in [5.74, 6) is 10.6. The molecule has 4 aromatic rings. The first kappa shape index (κ1) is 69.2. The van der Waals surface area contributed by atoms with E-state index in [-0.39, 0.29) is 67.1 Å². The van der Waals surface area contributed by atoms with Gasteiger partial charge in [-0.05, 0) is 55.8 Å². The predicted molar refractivity (Wildman–Crippen MR) is 351 cm³/mol. The van der Waals surface area contributed by atoms with E-state index in [2.05, 4.69) is 88.7 Å². The third-order valence-corrected chi connectivity index (χ3v) is 16.6. The Balaban J connectivity index is 0.000000154. The van der Waals surface area contributed by atoms with Crippen molar-refractivity contribution in [2.75, 3.05) is 144 Å². The number of aryl methyl sites for hydroxylation is 1. The van der Waals surface area contributed by atoms with Gasteiger partial charge in [-0.25, -0.2) is 24.0 Å². The third-order valence-electron chi connectivity index (χ3n) is 16.6. The molecule has 0 aliphatic carbocycles. The number of carboxylic acid groups (broad SMARTS) is 2. The zero-order valence-electron chi connectivity index (χ0n) is 53.2. The van der Waals surface area contributed by atoms with Gasteiger partial charge in [0.05, 0.1) is 55.5 Å². The molecule has 8 N–H and O–H groups in total. The van der Waals surface area contributed by atoms with Crippen LogP contribution >= 0.6 is 0 Å². The number of urea groups is 5. The van der Waals surface area contributed by atoms with Crippen molar-refractivity contribution in [2.45, 2.75) is 70.1 Å². The average Bonchev–Trinajstić information content (AvgIpc) is 1.32. The fraction of sp³-hybridized carbons (Fsp3) is 0.462. The Kier molecular flexibility index (Phi) is 24.5. The molecule has 2 aromatic carbocycles. The number of aliphatic carboxylic acids is 2. The highest BCUT2D eigenvalue weighted by Crippen LogP contribution is 2.26. The van der Waals surface area contributed by atoms with Gasteiger partial charge in [0, 0.05) is 183 Å². The van der Waals surface area contributed by atoms with Crippen molar-refractivity contribution in [3.05, 3.63) is 109 Å². The number of carbonyl (C=O) groups excluding carboxylic acids is 7. The molecule has 504 valence electrons. The van der Waals surface area contributed by atoms with Gasteiger partial charge in [0.25, 0.3) is 0 Å². The minimum Gasteiger partial charge on any atom is -0.481 e. The first-order valence-electron chi connectivity index (χ1n) is 31.8. The molecule has 30 heteroatoms. The zero-order valence-corrected chi connectivity index (χ0v) is 53.2. The molecule has 12 rings (SSSR count). The normalized spacial score (nSPS) is 20.2. The lowest BCUT2D eigenvalue weighted by molar-refractivity contribution is -0.138. The maximum atomic E-state index is 12.6. The molecule has 8 aliphatic rings. The van der Waals surface area contributed by atoms with Crippen molar-refractivity contribution in [1.82, 2.24) is 71.1 Å². The molecule has 10 heterocycles. The minimum absolute atomic E-state index is 0.00409. The van der Waals surface area contributed by atoms with Crippen LogP contribution in [0.2, 0.25) is 0 Å². The van der Waals surface area contributed by atoms with Gasteiger partial charge in [-0.1, -0.05) is 49.0 Å². The van der Waals surface area contributed by atoms with Crippen LogP contribution in [0.3, 0.4) is 0 Å². The molecular formula is C65H82N18O12. The van der Waals surface area contributed by atoms with E-state index in [1.807, 2.05) is 58.3 Å². The first-order chi connectivity index (χ1) is 45.8. The van der Waals surface area contributed by atoms with E-state index in [0.29, 0.717) is 81.2 Å². The van der Waals surface area contributed by atoms with Gasteiger partial charge in [-0.3, -0.25) is 68.6 Å². The Morgan fingerprint density at radius 2 is 1.11 bits per heavy atom. The Bertz CT molecular complexity index is 3600. The van der Waals surface area contributed by atoms with Crippen molar-refractivity contribution in [3.63, 3.8) is 0 Å². The second-order valence-electron chi connectivity index (χ2n) is 23.6. The summed E-state index contributed by atoms with van der Waals surface area (Å²) in [4.78, 5) is 118. The molecule has 0 radical (unpaired) electrons. The summed E-state index contributed by atoms with van der Waals surface area (Å²) in [7, 11) is 0. The van der Waals surface area contributed by atoms with Crippen LogP contribution in [0.1, 0.15) is 62.5 Å². The number of aromatic nitrogens is 4. The molecule has 0 saturated carbocycles. The van der Waals surface area contributed by atoms with E-state index in [1.54, 1.807) is 27.1 Å². The number of piperazine rings is 2. The molecule has 30 nitrogen and oxygen atoms in total. The SMILES string of the molecule is C=C1CCN(c2cnn(CC(=O)O)c2)C(=O)N1.C=C1CCN(c2cnn(CCC(=O)O)c2)C(=O)N1.O=C1CCN(c2cccc(C#CCCN3CCN(C(=O)N4CCNCC4)CC3)c2)C(=O)N1.O=C1CCN(c2cccc(C#CCN3CCOC4(CCCNC4)C3)c2)C(=O)N1. The highest BCUT2D eigenvalue weighted by Gasteiger charge is 2.38. The Hall–Kier alpha value is -10.1. The lowest BCUT2D eigenvalue weighted by Gasteiger charge is -2.44. The molecule has 1 unspecified atom stereocenters. The van der Waals surface area contributed by atoms with Crippen LogP contribution in [0.15, 0.2) is 97.9 Å². The molecule has 8 fully saturated rings. The number of amides is 12. The third kappa shape index (κ3) is 20.4. The maximum absolute atomic E-state index is 12.6. The van der Waals surface area contributed by atoms with Crippen molar-refractivity contribution >= 4 is 76.7 Å². The lowest BCUT2D eigenvalue weighted by atomic mass is 9.92. The second-order valence-corrected chi connectivity index (χ2v) is 23.6. The van der Waals surface area contributed by atoms with Gasteiger partial charge < -0.3 is 46.0 Å². The summed E-state index contributed by atoms with van der Waals surface area (Å²) >= 11 is 0. The highest BCUT2D eigenvalue weighted by molar-refractivity contribution is 6.06. The Morgan fingerprint density at radius 3 is 1.65 bits per heavy atom. The fourth-order valence-corrected chi connectivity index (χ4v) is 11.5. The van der Waals surface area contributed by atoms with Crippen LogP contribution in [0, 0.1) is 23.7 Å². The van der Waals surface area contributed by atoms with Gasteiger partial charge in [0.2, 0.25) is 11.8 Å². The standard InChI is InChI=1S/C23H30N6O3.C21H26N4O3.C11H14N4O3.C10H12N4O3/c30-21-7-11-29(22(31)25-21)20-6-3-5-19(18-20)4-1-2-10-26-14-16-28(17-15-26)23(32)27-12-8-24-9-13-27;26-19-7-11-25(20(27)23-19)18-6-1-4-17(14-18)5-2-10-24-12-13-28-21(16-24)8-3-9-22-15-21;1-8-2-5-15(11(18)13-8)9-6-12-14(7-9)4-3-10(16)17;1-7-2-3-14(10(17)12-7)8-4-11-13(5-8)6-9(15)16/h3,5-6,18,24H,2,7-17H2,(H,25,30,31);1,4,6,14,22H,3,7-13,15-16H2,(H,23,26,27);6-7H,1-5H2,(H,13,18)(H,16,17);4-5H,1-3,6H2,(H,12,17)(H,15,16). The lowest BCUT2D eigenvalue weighted by Crippen LogP contribution is -2.58. The predicted octanol–water partition coefficient (Wildman–Crippen LogP) is 2.65. The van der Waals surface area contributed by atoms with Crippen molar-refractivity contribution in [2.24, 2.45) is 0 Å². The smallest absolute Gasteiger partial charge is 0.328 e. The number of hydrogen-bond donors (Lipinski definition) is 8. The maximum Gasteiger partial charge on any atom is 0.328 e. The molecule has 8 saturated heterocycles. The van der Waals surface area contributed by atoms with Crippen LogP contribution < -0.4 is 51.5 Å². The number of hydrogen-bond acceptors (Lipinski definition) is 16. The van der Waals surface area contributed by atoms with E-state index in [4.69, 9.17) is 14.9 Å². The Labute approximate surface area is 550 Å². The number of morpholine rings is 1. The summed E-state index contributed by atoms with van der Waals surface area (Å²) in [5.41, 5.74) is 5.78. The molecule has 1 spiro atoms. The molecular weight excluding hydrogens is 1220 g/mol. The number of rotatable bonds is 12. The highest BCUT2D eigenvalue weighted by atomic mass is 16.5. The Morgan fingerprint density at radius 1 is 0.568 bits per heavy atom. The summed E-state index contributed by atoms with van der Waals surface area (Å²) < 4.78 is 8.87. The quantitative estimate of drug-likeness (QED) is 0.0945. The summed E-state index contributed by atoms with van der Waals surface area (Å²) in [6.45, 7) is 22.0. The number of anilines is 4. The summed E-state index contributed by atoms with van der Waals surface area (Å²) in [6, 6.07) is 14.0. The second kappa shape index (κ2) is 33.6. The number of imide groups is 2. The van der Waals surface area contributed by atoms with Gasteiger partial charge in [0.15, 0.2) is 0 Å². The summed E-state index contributed by atoms with van der Waals surface area (Å²) in [6.07, 6.45) is 11.2. The molecule has 1 atom stereocenters. The van der Waals surface area contributed by atoms with E-state index in [0.717, 1.165) is 133 Å². The van der Waals surface area contributed by atoms with E-state index < -0.39 is 11.9 Å². The number of benzene rings is 2. The number of nitrogens with zero attached hydrogens (tertiary/aromatic N) is 12. The number of carboxylic acids is 2. The van der Waals surface area contributed by atoms with E-state index in [9.17, 15) is 43.2 Å². The van der Waals surface area contributed by atoms with Gasteiger partial charge >= 0.3 is 42.1 Å². The van der Waals surface area contributed by atoms with Crippen LogP contribution in [-0.4, -0.2) is 233 Å². The average molecular weight is 1310 g/mol. The van der Waals surface area contributed by atoms with Crippen LogP contribution in [0.25, 0.3) is 0 Å². The van der Waals surface area contributed by atoms with Gasteiger partial charge in [-0.2, -0.15) is 10.2 Å². The number of ether oxygens (including phenoxy) is 1. The van der Waals surface area contributed by atoms with Gasteiger partial charge in [0.1, 0.15) is 6.54 Å². The number of nitrogens with one attached hydrogen (secondary N) is 6. The molecule has 95 heavy (non-hydrogen) atoms. The van der Waals surface area contributed by atoms with Crippen LogP contribution in [0.5, 0.6) is 0 Å². The minimum atomic E-state index is -0.976. The zero-order chi connectivity index (χ0) is 67.3. The van der Waals surface area contributed by atoms with E-state index >= 15 is 0 Å². The topological polar surface area (TPSA) is 337 Å². The van der Waals surface area contributed by atoms with Crippen molar-refractivity contribution < 1.29 is 58.1 Å². The number of carbonyl (C=O) groups is 9. The van der Waals surface area contributed by atoms with Crippen LogP contribution in [0.4, 0.5) is 46.7 Å². The molecule has 12 amide bonds. The van der Waals surface area contributed by atoms with Crippen LogP contribution in [-0.2, 0) is 37.0 Å². The fourth-order valence-electron chi connectivity index (χ4n) is 11.5. The summed E-state index contributed by atoms with van der Waals surface area (Å²) in [5, 5.41) is 41.8. The molecule has 2 aromatic heterocycles. The number of piperidine rings is 1. The largest absolute Gasteiger partial charge is 0.481 e. The van der Waals surface area contributed by atoms with E-state index in [1.165, 1.54) is 26.7 Å². The molecule has 8 aliphatic heterocycles. The first-order valence-corrected chi connectivity index (χ1v) is 31.8. The van der Waals surface area contributed by atoms with Crippen molar-refractivity contribution in [3.8, 4) is 23.7 Å². The van der Waals surface area contributed by atoms with Crippen molar-refractivity contribution in [1.29, 1.82) is 0 Å².